The van der Waals surface area contributed by atoms with E-state index in [-0.39, 0.29) is 17.3 Å². The van der Waals surface area contributed by atoms with E-state index in [9.17, 15) is 13.2 Å². The van der Waals surface area contributed by atoms with Gasteiger partial charge in [-0.3, -0.25) is 9.69 Å². The molecule has 3 aromatic carbocycles. The quantitative estimate of drug-likeness (QED) is 0.451. The highest BCUT2D eigenvalue weighted by Gasteiger charge is 2.40. The van der Waals surface area contributed by atoms with Crippen LogP contribution in [0.4, 0.5) is 5.69 Å². The molecule has 0 aromatic heterocycles. The normalized spacial score (nSPS) is 17.9. The first-order valence-corrected chi connectivity index (χ1v) is 13.6. The summed E-state index contributed by atoms with van der Waals surface area (Å²) < 4.78 is 26.3. The number of amides is 1. The molecule has 2 aliphatic heterocycles. The zero-order valence-corrected chi connectivity index (χ0v) is 20.2. The molecule has 0 saturated carbocycles. The topological polar surface area (TPSA) is 60.9 Å². The van der Waals surface area contributed by atoms with Crippen molar-refractivity contribution in [2.45, 2.75) is 30.6 Å². The van der Waals surface area contributed by atoms with Crippen LogP contribution < -0.4 is 4.90 Å². The van der Waals surface area contributed by atoms with E-state index >= 15 is 0 Å². The predicted molar refractivity (Wildman–Crippen MR) is 136 cm³/mol. The zero-order chi connectivity index (χ0) is 23.5. The second kappa shape index (κ2) is 9.76. The number of hydrogen-bond acceptors (Lipinski definition) is 5. The van der Waals surface area contributed by atoms with E-state index in [0.29, 0.717) is 12.0 Å². The summed E-state index contributed by atoms with van der Waals surface area (Å²) in [5, 5.41) is 2.61. The van der Waals surface area contributed by atoms with Gasteiger partial charge in [-0.25, -0.2) is 12.7 Å². The molecule has 2 heterocycles. The third-order valence-electron chi connectivity index (χ3n) is 6.98. The number of piperazine rings is 1. The zero-order valence-electron chi connectivity index (χ0n) is 19.4. The maximum Gasteiger partial charge on any atom is 0.269 e. The number of anilines is 1. The molecule has 0 aliphatic carbocycles. The fourth-order valence-electron chi connectivity index (χ4n) is 5.09. The summed E-state index contributed by atoms with van der Waals surface area (Å²) in [6, 6.07) is 21.6. The molecule has 6 nitrogen and oxygen atoms in total. The molecule has 7 heteroatoms. The number of sulfonamides is 1. The van der Waals surface area contributed by atoms with Crippen LogP contribution in [0.5, 0.6) is 0 Å². The molecule has 5 rings (SSSR count). The average Bonchev–Trinajstić information content (AvgIpc) is 3.06. The van der Waals surface area contributed by atoms with Crippen LogP contribution in [0, 0.1) is 0 Å². The van der Waals surface area contributed by atoms with Crippen molar-refractivity contribution < 1.29 is 13.2 Å². The molecule has 0 spiro atoms. The molecule has 178 valence electrons. The van der Waals surface area contributed by atoms with E-state index in [4.69, 9.17) is 0 Å². The van der Waals surface area contributed by atoms with Gasteiger partial charge >= 0.3 is 0 Å². The summed E-state index contributed by atoms with van der Waals surface area (Å²) in [5.41, 5.74) is 1.62. The van der Waals surface area contributed by atoms with Gasteiger partial charge < -0.3 is 4.90 Å². The van der Waals surface area contributed by atoms with Gasteiger partial charge in [0.05, 0.1) is 5.56 Å². The molecule has 1 fully saturated rings. The van der Waals surface area contributed by atoms with Gasteiger partial charge in [-0.15, -0.1) is 0 Å². The van der Waals surface area contributed by atoms with E-state index in [2.05, 4.69) is 52.3 Å². The Labute approximate surface area is 201 Å². The maximum absolute atomic E-state index is 12.6. The molecule has 0 N–H and O–H groups in total. The van der Waals surface area contributed by atoms with Crippen LogP contribution in [-0.4, -0.2) is 62.8 Å². The molecular weight excluding hydrogens is 446 g/mol. The summed E-state index contributed by atoms with van der Waals surface area (Å²) in [6.07, 6.45) is 3.76. The Bertz CT molecular complexity index is 1280. The van der Waals surface area contributed by atoms with Gasteiger partial charge in [-0.2, -0.15) is 0 Å². The van der Waals surface area contributed by atoms with Crippen molar-refractivity contribution >= 4 is 32.4 Å². The van der Waals surface area contributed by atoms with E-state index in [1.165, 1.54) is 22.5 Å². The number of hydrogen-bond donors (Lipinski definition) is 0. The monoisotopic (exact) mass is 477 g/mol. The first kappa shape index (κ1) is 22.9. The van der Waals surface area contributed by atoms with E-state index in [1.54, 1.807) is 18.2 Å². The van der Waals surface area contributed by atoms with E-state index < -0.39 is 10.0 Å². The second-order valence-corrected chi connectivity index (χ2v) is 11.0. The molecule has 0 radical (unpaired) electrons. The number of nitrogens with zero attached hydrogens (tertiary/aromatic N) is 3. The molecular formula is C27H31N3O3S. The Morgan fingerprint density at radius 3 is 2.18 bits per heavy atom. The SMILES string of the molecule is O=C1c2ccccc2S(=O)(=O)N1CCCCCCN1CCN(c2cccc3ccccc23)CC1. The average molecular weight is 478 g/mol. The lowest BCUT2D eigenvalue weighted by Gasteiger charge is -2.36. The lowest BCUT2D eigenvalue weighted by Crippen LogP contribution is -2.46. The van der Waals surface area contributed by atoms with Gasteiger partial charge in [0.2, 0.25) is 0 Å². The molecule has 34 heavy (non-hydrogen) atoms. The highest BCUT2D eigenvalue weighted by Crippen LogP contribution is 2.30. The minimum Gasteiger partial charge on any atom is -0.368 e. The second-order valence-electron chi connectivity index (χ2n) is 9.12. The number of fused-ring (bicyclic) bond motifs is 2. The fraction of sp³-hybridized carbons (Fsp3) is 0.370. The molecule has 0 atom stereocenters. The number of rotatable bonds is 8. The summed E-state index contributed by atoms with van der Waals surface area (Å²) in [4.78, 5) is 17.6. The Morgan fingerprint density at radius 1 is 0.706 bits per heavy atom. The van der Waals surface area contributed by atoms with Crippen LogP contribution in [-0.2, 0) is 10.0 Å². The van der Waals surface area contributed by atoms with E-state index in [0.717, 1.165) is 56.3 Å². The minimum absolute atomic E-state index is 0.141. The summed E-state index contributed by atoms with van der Waals surface area (Å²) in [5.74, 6) is -0.389. The molecule has 1 amide bonds. The largest absolute Gasteiger partial charge is 0.368 e. The van der Waals surface area contributed by atoms with Crippen LogP contribution in [0.2, 0.25) is 0 Å². The van der Waals surface area contributed by atoms with Crippen molar-refractivity contribution in [3.63, 3.8) is 0 Å². The van der Waals surface area contributed by atoms with Crippen molar-refractivity contribution in [2.24, 2.45) is 0 Å². The first-order chi connectivity index (χ1) is 16.6. The van der Waals surface area contributed by atoms with Gasteiger partial charge in [0.1, 0.15) is 4.90 Å². The van der Waals surface area contributed by atoms with E-state index in [1.807, 2.05) is 0 Å². The molecule has 3 aromatic rings. The summed E-state index contributed by atoms with van der Waals surface area (Å²) >= 11 is 0. The lowest BCUT2D eigenvalue weighted by atomic mass is 10.1. The van der Waals surface area contributed by atoms with Gasteiger partial charge in [-0.05, 0) is 43.0 Å². The lowest BCUT2D eigenvalue weighted by molar-refractivity contribution is 0.0869. The Morgan fingerprint density at radius 2 is 1.38 bits per heavy atom. The number of carbonyl (C=O) groups is 1. The van der Waals surface area contributed by atoms with Crippen LogP contribution in [0.15, 0.2) is 71.6 Å². The van der Waals surface area contributed by atoms with Crippen LogP contribution in [0.1, 0.15) is 36.0 Å². The van der Waals surface area contributed by atoms with Crippen LogP contribution in [0.3, 0.4) is 0 Å². The van der Waals surface area contributed by atoms with Crippen molar-refractivity contribution in [1.82, 2.24) is 9.21 Å². The molecule has 0 unspecified atom stereocenters. The standard InChI is InChI=1S/C27H31N3O3S/c31-27-24-13-5-6-15-26(24)34(32,33)30(27)17-8-2-1-7-16-28-18-20-29(21-19-28)25-14-9-11-22-10-3-4-12-23(22)25/h3-6,9-15H,1-2,7-8,16-21H2. The third kappa shape index (κ3) is 4.42. The number of unbranched alkanes of at least 4 members (excludes halogenated alkanes) is 3. The molecule has 2 aliphatic rings. The number of carbonyl (C=O) groups excluding carboxylic acids is 1. The van der Waals surface area contributed by atoms with Crippen LogP contribution >= 0.6 is 0 Å². The van der Waals surface area contributed by atoms with Crippen molar-refractivity contribution in [1.29, 1.82) is 0 Å². The van der Waals surface area contributed by atoms with Gasteiger partial charge in [0, 0.05) is 43.8 Å². The van der Waals surface area contributed by atoms with Gasteiger partial charge in [0.15, 0.2) is 0 Å². The summed E-state index contributed by atoms with van der Waals surface area (Å²) in [7, 11) is -3.68. The maximum atomic E-state index is 12.6. The van der Waals surface area contributed by atoms with Crippen molar-refractivity contribution in [3.8, 4) is 0 Å². The Balaban J connectivity index is 1.03. The minimum atomic E-state index is -3.68. The van der Waals surface area contributed by atoms with Crippen LogP contribution in [0.25, 0.3) is 10.8 Å². The van der Waals surface area contributed by atoms with Gasteiger partial charge in [-0.1, -0.05) is 61.4 Å². The third-order valence-corrected chi connectivity index (χ3v) is 8.82. The molecule has 1 saturated heterocycles. The van der Waals surface area contributed by atoms with Gasteiger partial charge in [0.25, 0.3) is 15.9 Å². The summed E-state index contributed by atoms with van der Waals surface area (Å²) in [6.45, 7) is 5.51. The highest BCUT2D eigenvalue weighted by atomic mass is 32.2. The fourth-order valence-corrected chi connectivity index (χ4v) is 6.70. The first-order valence-electron chi connectivity index (χ1n) is 12.2. The molecule has 0 bridgehead atoms. The highest BCUT2D eigenvalue weighted by molar-refractivity contribution is 7.90. The number of benzene rings is 3. The Kier molecular flexibility index (Phi) is 6.57. The smallest absolute Gasteiger partial charge is 0.269 e. The van der Waals surface area contributed by atoms with Crippen molar-refractivity contribution in [2.75, 3.05) is 44.2 Å². The predicted octanol–water partition coefficient (Wildman–Crippen LogP) is 4.37. The Hall–Kier alpha value is -2.90. The van der Waals surface area contributed by atoms with Crippen molar-refractivity contribution in [3.05, 3.63) is 72.3 Å².